The highest BCUT2D eigenvalue weighted by molar-refractivity contribution is 6.42. The molecule has 3 rings (SSSR count). The number of carbonyl (C=O) groups excluding carboxylic acids is 1. The molecule has 2 aromatic carbocycles. The molecular weight excluding hydrogens is 371 g/mol. The molecule has 1 unspecified atom stereocenters. The SMILES string of the molecule is CNCC1CCCN(C(=O)c2ccc(Oc3cccc(Cl)c3Cl)cc2)C1. The Hall–Kier alpha value is -1.75. The molecule has 1 amide bonds. The second kappa shape index (κ2) is 8.76. The van der Waals surface area contributed by atoms with Crippen molar-refractivity contribution < 1.29 is 9.53 Å². The lowest BCUT2D eigenvalue weighted by atomic mass is 9.97. The lowest BCUT2D eigenvalue weighted by molar-refractivity contribution is 0.0674. The largest absolute Gasteiger partial charge is 0.456 e. The number of amides is 1. The van der Waals surface area contributed by atoms with Crippen LogP contribution in [0.3, 0.4) is 0 Å². The van der Waals surface area contributed by atoms with Gasteiger partial charge in [-0.1, -0.05) is 29.3 Å². The van der Waals surface area contributed by atoms with Gasteiger partial charge < -0.3 is 15.0 Å². The molecule has 138 valence electrons. The molecule has 0 bridgehead atoms. The summed E-state index contributed by atoms with van der Waals surface area (Å²) >= 11 is 12.1. The highest BCUT2D eigenvalue weighted by atomic mass is 35.5. The normalized spacial score (nSPS) is 17.2. The van der Waals surface area contributed by atoms with Crippen molar-refractivity contribution in [2.75, 3.05) is 26.7 Å². The predicted molar refractivity (Wildman–Crippen MR) is 106 cm³/mol. The molecule has 4 nitrogen and oxygen atoms in total. The number of piperidine rings is 1. The van der Waals surface area contributed by atoms with Gasteiger partial charge in [0.15, 0.2) is 0 Å². The van der Waals surface area contributed by atoms with Gasteiger partial charge in [-0.2, -0.15) is 0 Å². The van der Waals surface area contributed by atoms with Crippen LogP contribution in [0.4, 0.5) is 0 Å². The average Bonchev–Trinajstić information content (AvgIpc) is 2.66. The summed E-state index contributed by atoms with van der Waals surface area (Å²) in [7, 11) is 1.95. The van der Waals surface area contributed by atoms with Crippen molar-refractivity contribution in [1.82, 2.24) is 10.2 Å². The van der Waals surface area contributed by atoms with Crippen LogP contribution < -0.4 is 10.1 Å². The van der Waals surface area contributed by atoms with Crippen molar-refractivity contribution >= 4 is 29.1 Å². The number of nitrogens with zero attached hydrogens (tertiary/aromatic N) is 1. The van der Waals surface area contributed by atoms with E-state index < -0.39 is 0 Å². The lowest BCUT2D eigenvalue weighted by Gasteiger charge is -2.32. The van der Waals surface area contributed by atoms with E-state index in [2.05, 4.69) is 5.32 Å². The van der Waals surface area contributed by atoms with Crippen LogP contribution >= 0.6 is 23.2 Å². The monoisotopic (exact) mass is 392 g/mol. The summed E-state index contributed by atoms with van der Waals surface area (Å²) in [4.78, 5) is 14.7. The van der Waals surface area contributed by atoms with Gasteiger partial charge in [0.05, 0.1) is 5.02 Å². The number of benzene rings is 2. The van der Waals surface area contributed by atoms with Crippen LogP contribution in [0.1, 0.15) is 23.2 Å². The molecule has 0 aliphatic carbocycles. The first-order chi connectivity index (χ1) is 12.6. The molecule has 1 aliphatic rings. The fraction of sp³-hybridized carbons (Fsp3) is 0.350. The molecule has 1 atom stereocenters. The van der Waals surface area contributed by atoms with Crippen molar-refractivity contribution in [3.8, 4) is 11.5 Å². The molecular formula is C20H22Cl2N2O2. The highest BCUT2D eigenvalue weighted by Gasteiger charge is 2.24. The third-order valence-corrected chi connectivity index (χ3v) is 5.35. The van der Waals surface area contributed by atoms with Crippen LogP contribution in [-0.2, 0) is 0 Å². The van der Waals surface area contributed by atoms with Gasteiger partial charge in [0.2, 0.25) is 0 Å². The Morgan fingerprint density at radius 1 is 1.23 bits per heavy atom. The summed E-state index contributed by atoms with van der Waals surface area (Å²) < 4.78 is 5.77. The summed E-state index contributed by atoms with van der Waals surface area (Å²) in [6.45, 7) is 2.56. The van der Waals surface area contributed by atoms with Gasteiger partial charge in [-0.25, -0.2) is 0 Å². The van der Waals surface area contributed by atoms with Crippen LogP contribution in [-0.4, -0.2) is 37.5 Å². The topological polar surface area (TPSA) is 41.6 Å². The Bertz CT molecular complexity index is 763. The number of halogens is 2. The van der Waals surface area contributed by atoms with Gasteiger partial charge in [0.25, 0.3) is 5.91 Å². The summed E-state index contributed by atoms with van der Waals surface area (Å²) in [5.74, 6) is 1.69. The Kier molecular flexibility index (Phi) is 6.41. The molecule has 1 saturated heterocycles. The maximum Gasteiger partial charge on any atom is 0.253 e. The molecule has 0 radical (unpaired) electrons. The van der Waals surface area contributed by atoms with Gasteiger partial charge in [-0.3, -0.25) is 4.79 Å². The number of nitrogens with one attached hydrogen (secondary N) is 1. The molecule has 1 fully saturated rings. The number of carbonyl (C=O) groups is 1. The fourth-order valence-corrected chi connectivity index (χ4v) is 3.57. The zero-order valence-electron chi connectivity index (χ0n) is 14.7. The molecule has 6 heteroatoms. The summed E-state index contributed by atoms with van der Waals surface area (Å²) in [5.41, 5.74) is 0.666. The zero-order valence-corrected chi connectivity index (χ0v) is 16.2. The van der Waals surface area contributed by atoms with E-state index in [0.29, 0.717) is 33.0 Å². The van der Waals surface area contributed by atoms with Crippen LogP contribution in [0.15, 0.2) is 42.5 Å². The zero-order chi connectivity index (χ0) is 18.5. The molecule has 0 aromatic heterocycles. The summed E-state index contributed by atoms with van der Waals surface area (Å²) in [5, 5.41) is 4.02. The van der Waals surface area contributed by atoms with E-state index in [1.165, 1.54) is 0 Å². The second-order valence-corrected chi connectivity index (χ2v) is 7.28. The van der Waals surface area contributed by atoms with E-state index in [0.717, 1.165) is 32.5 Å². The number of rotatable bonds is 5. The van der Waals surface area contributed by atoms with E-state index in [1.807, 2.05) is 11.9 Å². The molecule has 26 heavy (non-hydrogen) atoms. The quantitative estimate of drug-likeness (QED) is 0.789. The molecule has 0 saturated carbocycles. The van der Waals surface area contributed by atoms with Crippen molar-refractivity contribution in [3.63, 3.8) is 0 Å². The van der Waals surface area contributed by atoms with Crippen molar-refractivity contribution in [2.24, 2.45) is 5.92 Å². The summed E-state index contributed by atoms with van der Waals surface area (Å²) in [6.07, 6.45) is 2.21. The Morgan fingerprint density at radius 3 is 2.73 bits per heavy atom. The van der Waals surface area contributed by atoms with Gasteiger partial charge in [0.1, 0.15) is 16.5 Å². The first-order valence-electron chi connectivity index (χ1n) is 8.74. The first kappa shape index (κ1) is 19.0. The number of hydrogen-bond acceptors (Lipinski definition) is 3. The smallest absolute Gasteiger partial charge is 0.253 e. The van der Waals surface area contributed by atoms with E-state index >= 15 is 0 Å². The molecule has 1 heterocycles. The Balaban J connectivity index is 1.67. The molecule has 0 spiro atoms. The third kappa shape index (κ3) is 4.50. The number of ether oxygens (including phenoxy) is 1. The van der Waals surface area contributed by atoms with Crippen molar-refractivity contribution in [1.29, 1.82) is 0 Å². The van der Waals surface area contributed by atoms with Gasteiger partial charge >= 0.3 is 0 Å². The second-order valence-electron chi connectivity index (χ2n) is 6.50. The van der Waals surface area contributed by atoms with Crippen molar-refractivity contribution in [3.05, 3.63) is 58.1 Å². The van der Waals surface area contributed by atoms with E-state index in [-0.39, 0.29) is 5.91 Å². The maximum absolute atomic E-state index is 12.7. The summed E-state index contributed by atoms with van der Waals surface area (Å²) in [6, 6.07) is 12.4. The highest BCUT2D eigenvalue weighted by Crippen LogP contribution is 2.34. The standard InChI is InChI=1S/C20H22Cl2N2O2/c1-23-12-14-4-3-11-24(13-14)20(25)15-7-9-16(10-8-15)26-18-6-2-5-17(21)19(18)22/h2,5-10,14,23H,3-4,11-13H2,1H3. The number of hydrogen-bond donors (Lipinski definition) is 1. The minimum Gasteiger partial charge on any atom is -0.456 e. The van der Waals surface area contributed by atoms with Crippen LogP contribution in [0, 0.1) is 5.92 Å². The predicted octanol–water partition coefficient (Wildman–Crippen LogP) is 4.86. The van der Waals surface area contributed by atoms with E-state index in [4.69, 9.17) is 27.9 Å². The van der Waals surface area contributed by atoms with Crippen LogP contribution in [0.2, 0.25) is 10.0 Å². The molecule has 2 aromatic rings. The third-order valence-electron chi connectivity index (χ3n) is 4.54. The minimum atomic E-state index is 0.0677. The molecule has 1 N–H and O–H groups in total. The van der Waals surface area contributed by atoms with Crippen LogP contribution in [0.5, 0.6) is 11.5 Å². The van der Waals surface area contributed by atoms with Gasteiger partial charge in [-0.15, -0.1) is 0 Å². The van der Waals surface area contributed by atoms with Crippen LogP contribution in [0.25, 0.3) is 0 Å². The van der Waals surface area contributed by atoms with E-state index in [1.54, 1.807) is 42.5 Å². The lowest BCUT2D eigenvalue weighted by Crippen LogP contribution is -2.42. The Morgan fingerprint density at radius 2 is 2.00 bits per heavy atom. The number of likely N-dealkylation sites (tertiary alicyclic amines) is 1. The Labute approximate surface area is 164 Å². The maximum atomic E-state index is 12.7. The van der Waals surface area contributed by atoms with Crippen molar-refractivity contribution in [2.45, 2.75) is 12.8 Å². The minimum absolute atomic E-state index is 0.0677. The fourth-order valence-electron chi connectivity index (χ4n) is 3.24. The van der Waals surface area contributed by atoms with Gasteiger partial charge in [0, 0.05) is 18.7 Å². The van der Waals surface area contributed by atoms with Gasteiger partial charge in [-0.05, 0) is 68.8 Å². The first-order valence-corrected chi connectivity index (χ1v) is 9.50. The van der Waals surface area contributed by atoms with E-state index in [9.17, 15) is 4.79 Å². The average molecular weight is 393 g/mol. The molecule has 1 aliphatic heterocycles.